The first-order valence-corrected chi connectivity index (χ1v) is 19.7. The Balaban J connectivity index is 3.01. The van der Waals surface area contributed by atoms with Gasteiger partial charge in [-0.15, -0.1) is 0 Å². The largest absolute Gasteiger partial charge is 0.0654 e. The lowest BCUT2D eigenvalue weighted by Crippen LogP contribution is -1.85. The van der Waals surface area contributed by atoms with Crippen LogP contribution in [0.2, 0.25) is 0 Å². The second-order valence-electron chi connectivity index (χ2n) is 13.5. The highest BCUT2D eigenvalue weighted by atomic mass is 14.0. The predicted molar refractivity (Wildman–Crippen MR) is 186 cm³/mol. The van der Waals surface area contributed by atoms with Crippen LogP contribution in [0.25, 0.3) is 0 Å². The van der Waals surface area contributed by atoms with Gasteiger partial charge < -0.3 is 0 Å². The van der Waals surface area contributed by atoms with E-state index in [9.17, 15) is 0 Å². The van der Waals surface area contributed by atoms with Gasteiger partial charge >= 0.3 is 0 Å². The van der Waals surface area contributed by atoms with Crippen LogP contribution < -0.4 is 0 Å². The van der Waals surface area contributed by atoms with Crippen LogP contribution in [0.15, 0.2) is 0 Å². The maximum absolute atomic E-state index is 2.49. The average Bonchev–Trinajstić information content (AvgIpc) is 2.97. The molecule has 0 saturated heterocycles. The Morgan fingerprint density at radius 2 is 0.400 bits per heavy atom. The van der Waals surface area contributed by atoms with Crippen molar-refractivity contribution in [3.8, 4) is 0 Å². The van der Waals surface area contributed by atoms with Gasteiger partial charge in [0.1, 0.15) is 0 Å². The molecule has 0 aromatic carbocycles. The van der Waals surface area contributed by atoms with Crippen LogP contribution in [-0.4, -0.2) is 0 Å². The molecule has 0 N–H and O–H groups in total. The lowest BCUT2D eigenvalue weighted by Gasteiger charge is -2.05. The molecule has 0 heteroatoms. The van der Waals surface area contributed by atoms with E-state index in [-0.39, 0.29) is 0 Å². The van der Waals surface area contributed by atoms with E-state index in [1.165, 1.54) is 238 Å². The van der Waals surface area contributed by atoms with Crippen LogP contribution in [0.5, 0.6) is 0 Å². The normalized spacial score (nSPS) is 11.6. The summed E-state index contributed by atoms with van der Waals surface area (Å²) in [6.07, 6.45) is 56.9. The Labute approximate surface area is 257 Å². The van der Waals surface area contributed by atoms with Crippen molar-refractivity contribution in [2.45, 2.75) is 251 Å². The Bertz CT molecular complexity index is 361. The maximum Gasteiger partial charge on any atom is -0.0386 e. The van der Waals surface area contributed by atoms with Crippen LogP contribution in [0, 0.1) is 6.42 Å². The van der Waals surface area contributed by atoms with Crippen molar-refractivity contribution in [3.05, 3.63) is 6.42 Å². The molecular weight excluding hydrogens is 480 g/mol. The van der Waals surface area contributed by atoms with E-state index in [1.54, 1.807) is 0 Å². The van der Waals surface area contributed by atoms with Crippen LogP contribution in [0.3, 0.4) is 0 Å². The molecule has 0 unspecified atom stereocenters. The van der Waals surface area contributed by atoms with E-state index in [0.29, 0.717) is 0 Å². The Kier molecular flexibility index (Phi) is 39.0. The second kappa shape index (κ2) is 39.0. The lowest BCUT2D eigenvalue weighted by atomic mass is 10.0. The van der Waals surface area contributed by atoms with Crippen LogP contribution in [0.1, 0.15) is 251 Å². The molecule has 0 aliphatic heterocycles. The van der Waals surface area contributed by atoms with Gasteiger partial charge in [0.15, 0.2) is 0 Å². The Morgan fingerprint density at radius 3 is 0.600 bits per heavy atom. The van der Waals surface area contributed by atoms with Gasteiger partial charge in [-0.05, 0) is 6.42 Å². The topological polar surface area (TPSA) is 0 Å². The number of hydrogen-bond acceptors (Lipinski definition) is 0. The van der Waals surface area contributed by atoms with Crippen LogP contribution >= 0.6 is 0 Å². The molecule has 0 aliphatic carbocycles. The van der Waals surface area contributed by atoms with Crippen molar-refractivity contribution in [2.75, 3.05) is 0 Å². The number of unbranched alkanes of at least 4 members (excludes halogenated alkanes) is 37. The van der Waals surface area contributed by atoms with Crippen molar-refractivity contribution in [2.24, 2.45) is 0 Å². The summed E-state index contributed by atoms with van der Waals surface area (Å²) in [5, 5.41) is 0. The molecule has 0 atom stereocenters. The molecule has 1 radical (unpaired) electrons. The summed E-state index contributed by atoms with van der Waals surface area (Å²) in [4.78, 5) is 0. The molecule has 0 spiro atoms. The van der Waals surface area contributed by atoms with E-state index in [1.807, 2.05) is 0 Å². The summed E-state index contributed by atoms with van der Waals surface area (Å²) in [7, 11) is 0. The van der Waals surface area contributed by atoms with E-state index in [2.05, 4.69) is 20.3 Å². The summed E-state index contributed by atoms with van der Waals surface area (Å²) in [5.74, 6) is 0. The van der Waals surface area contributed by atoms with Crippen molar-refractivity contribution < 1.29 is 0 Å². The summed E-state index contributed by atoms with van der Waals surface area (Å²) < 4.78 is 0. The van der Waals surface area contributed by atoms with E-state index in [4.69, 9.17) is 0 Å². The zero-order chi connectivity index (χ0) is 28.9. The lowest BCUT2D eigenvalue weighted by molar-refractivity contribution is 0.511. The minimum atomic E-state index is 1.32. The smallest absolute Gasteiger partial charge is 0.0386 e. The van der Waals surface area contributed by atoms with E-state index >= 15 is 0 Å². The van der Waals surface area contributed by atoms with Gasteiger partial charge in [0.25, 0.3) is 0 Å². The van der Waals surface area contributed by atoms with E-state index in [0.717, 1.165) is 0 Å². The van der Waals surface area contributed by atoms with Gasteiger partial charge in [0.2, 0.25) is 0 Å². The minimum absolute atomic E-state index is 1.32. The van der Waals surface area contributed by atoms with Crippen molar-refractivity contribution in [3.63, 3.8) is 0 Å². The molecule has 0 aromatic rings. The Hall–Kier alpha value is 0. The molecule has 0 nitrogen and oxygen atoms in total. The first-order valence-electron chi connectivity index (χ1n) is 19.7. The van der Waals surface area contributed by atoms with E-state index < -0.39 is 0 Å². The minimum Gasteiger partial charge on any atom is -0.0654 e. The summed E-state index contributed by atoms with van der Waals surface area (Å²) in [6, 6.07) is 0. The zero-order valence-corrected chi connectivity index (χ0v) is 28.7. The molecule has 0 saturated carbocycles. The molecule has 241 valence electrons. The van der Waals surface area contributed by atoms with Gasteiger partial charge in [0, 0.05) is 0 Å². The maximum atomic E-state index is 2.49. The van der Waals surface area contributed by atoms with Gasteiger partial charge in [0.05, 0.1) is 0 Å². The fourth-order valence-corrected chi connectivity index (χ4v) is 6.37. The highest BCUT2D eigenvalue weighted by Gasteiger charge is 1.97. The molecule has 0 rings (SSSR count). The van der Waals surface area contributed by atoms with Crippen molar-refractivity contribution in [1.82, 2.24) is 0 Å². The zero-order valence-electron chi connectivity index (χ0n) is 28.7. The number of hydrogen-bond donors (Lipinski definition) is 0. The third-order valence-corrected chi connectivity index (χ3v) is 9.25. The molecule has 0 amide bonds. The monoisotopic (exact) mass is 562 g/mol. The first-order chi connectivity index (χ1) is 19.9. The molecule has 0 aliphatic rings. The molecule has 0 bridgehead atoms. The molecule has 40 heavy (non-hydrogen) atoms. The van der Waals surface area contributed by atoms with Gasteiger partial charge in [-0.25, -0.2) is 0 Å². The molecular formula is C40H81. The summed E-state index contributed by atoms with van der Waals surface area (Å²) in [5.41, 5.74) is 0. The summed E-state index contributed by atoms with van der Waals surface area (Å²) >= 11 is 0. The van der Waals surface area contributed by atoms with Crippen LogP contribution in [0.4, 0.5) is 0 Å². The predicted octanol–water partition coefficient (Wildman–Crippen LogP) is 15.7. The highest BCUT2D eigenvalue weighted by Crippen LogP contribution is 2.17. The molecule has 0 fully saturated rings. The average molecular weight is 562 g/mol. The third-order valence-electron chi connectivity index (χ3n) is 9.25. The SMILES string of the molecule is CCC[CH]CCCCCCCCCCCCCCCCCCCCCCCCCCCCCCCCCCCC. The first kappa shape index (κ1) is 40.0. The fourth-order valence-electron chi connectivity index (χ4n) is 6.37. The highest BCUT2D eigenvalue weighted by molar-refractivity contribution is 4.63. The quantitative estimate of drug-likeness (QED) is 0.0661. The second-order valence-corrected chi connectivity index (χ2v) is 13.5. The van der Waals surface area contributed by atoms with Crippen LogP contribution in [-0.2, 0) is 0 Å². The van der Waals surface area contributed by atoms with Crippen molar-refractivity contribution >= 4 is 0 Å². The molecule has 0 aromatic heterocycles. The van der Waals surface area contributed by atoms with Gasteiger partial charge in [-0.2, -0.15) is 0 Å². The Morgan fingerprint density at radius 1 is 0.200 bits per heavy atom. The molecule has 0 heterocycles. The van der Waals surface area contributed by atoms with Crippen molar-refractivity contribution in [1.29, 1.82) is 0 Å². The van der Waals surface area contributed by atoms with Gasteiger partial charge in [-0.3, -0.25) is 0 Å². The fraction of sp³-hybridized carbons (Fsp3) is 0.975. The third kappa shape index (κ3) is 38.0. The van der Waals surface area contributed by atoms with Gasteiger partial charge in [-0.1, -0.05) is 251 Å². The standard InChI is InChI=1S/C40H81/c1-3-5-7-9-11-13-15-17-19-21-23-25-27-29-31-33-35-37-39-40-38-36-34-32-30-28-26-24-22-20-18-16-14-12-10-8-6-4-2/h7H,3-6,8-40H2,1-2H3. The number of rotatable bonds is 37. The summed E-state index contributed by atoms with van der Waals surface area (Å²) in [6.45, 7) is 4.59.